The van der Waals surface area contributed by atoms with Crippen LogP contribution < -0.4 is 10.2 Å². The summed E-state index contributed by atoms with van der Waals surface area (Å²) in [7, 11) is 3.93. The van der Waals surface area contributed by atoms with Gasteiger partial charge in [0.2, 0.25) is 11.8 Å². The largest absolute Gasteiger partial charge is 0.378 e. The number of aromatic nitrogens is 2. The van der Waals surface area contributed by atoms with E-state index in [1.54, 1.807) is 11.8 Å². The smallest absolute Gasteiger partial charge is 0.246 e. The van der Waals surface area contributed by atoms with E-state index < -0.39 is 6.04 Å². The van der Waals surface area contributed by atoms with Gasteiger partial charge in [-0.05, 0) is 63.6 Å². The molecule has 8 heteroatoms. The van der Waals surface area contributed by atoms with Crippen LogP contribution in [0.3, 0.4) is 0 Å². The van der Waals surface area contributed by atoms with Crippen molar-refractivity contribution in [1.29, 1.82) is 0 Å². The molecular weight excluding hydrogens is 458 g/mol. The maximum atomic E-state index is 13.3. The Bertz CT molecular complexity index is 1140. The van der Waals surface area contributed by atoms with Crippen LogP contribution in [-0.2, 0) is 16.1 Å². The molecule has 0 spiro atoms. The summed E-state index contributed by atoms with van der Waals surface area (Å²) in [6.07, 6.45) is 0. The zero-order chi connectivity index (χ0) is 25.5. The Labute approximate surface area is 212 Å². The van der Waals surface area contributed by atoms with Gasteiger partial charge in [0.25, 0.3) is 0 Å². The molecule has 2 aromatic carbocycles. The Kier molecular flexibility index (Phi) is 8.87. The lowest BCUT2D eigenvalue weighted by atomic mass is 10.1. The van der Waals surface area contributed by atoms with Crippen LogP contribution in [0.25, 0.3) is 0 Å². The molecule has 1 unspecified atom stereocenters. The minimum absolute atomic E-state index is 0.143. The van der Waals surface area contributed by atoms with Crippen LogP contribution in [0.15, 0.2) is 59.8 Å². The maximum absolute atomic E-state index is 13.3. The number of rotatable bonds is 9. The van der Waals surface area contributed by atoms with Crippen LogP contribution in [0.2, 0.25) is 0 Å². The maximum Gasteiger partial charge on any atom is 0.246 e. The third-order valence-electron chi connectivity index (χ3n) is 5.58. The Morgan fingerprint density at radius 1 is 0.943 bits per heavy atom. The lowest BCUT2D eigenvalue weighted by Gasteiger charge is -2.29. The van der Waals surface area contributed by atoms with Gasteiger partial charge in [0.1, 0.15) is 6.04 Å². The lowest BCUT2D eigenvalue weighted by molar-refractivity contribution is -0.136. The number of anilines is 2. The second-order valence-corrected chi connectivity index (χ2v) is 9.78. The van der Waals surface area contributed by atoms with E-state index in [0.717, 1.165) is 28.2 Å². The Morgan fingerprint density at radius 2 is 1.54 bits per heavy atom. The van der Waals surface area contributed by atoms with Gasteiger partial charge in [-0.1, -0.05) is 41.6 Å². The molecule has 0 aliphatic carbocycles. The molecule has 0 aliphatic heterocycles. The standard InChI is InChI=1S/C27H33N5O2S/c1-18-7-9-22(10-8-18)16-32(25(33)17-35-27-28-19(2)15-20(3)29-27)21(4)26(34)30-23-11-13-24(14-12-23)31(5)6/h7-15,21H,16-17H2,1-6H3,(H,30,34). The van der Waals surface area contributed by atoms with Crippen molar-refractivity contribution in [1.82, 2.24) is 14.9 Å². The van der Waals surface area contributed by atoms with Crippen LogP contribution in [0.5, 0.6) is 0 Å². The zero-order valence-electron chi connectivity index (χ0n) is 21.2. The van der Waals surface area contributed by atoms with Crippen molar-refractivity contribution < 1.29 is 9.59 Å². The topological polar surface area (TPSA) is 78.4 Å². The first-order valence-corrected chi connectivity index (χ1v) is 12.5. The van der Waals surface area contributed by atoms with Crippen LogP contribution >= 0.6 is 11.8 Å². The molecule has 0 fully saturated rings. The van der Waals surface area contributed by atoms with E-state index >= 15 is 0 Å². The van der Waals surface area contributed by atoms with Crippen LogP contribution in [0.4, 0.5) is 11.4 Å². The second kappa shape index (κ2) is 11.8. The fourth-order valence-corrected chi connectivity index (χ4v) is 4.37. The summed E-state index contributed by atoms with van der Waals surface area (Å²) in [4.78, 5) is 38.9. The predicted octanol–water partition coefficient (Wildman–Crippen LogP) is 4.62. The number of nitrogens with one attached hydrogen (secondary N) is 1. The van der Waals surface area contributed by atoms with Crippen molar-refractivity contribution in [3.63, 3.8) is 0 Å². The summed E-state index contributed by atoms with van der Waals surface area (Å²) < 4.78 is 0. The number of thioether (sulfide) groups is 1. The highest BCUT2D eigenvalue weighted by atomic mass is 32.2. The average Bonchev–Trinajstić information content (AvgIpc) is 2.81. The highest BCUT2D eigenvalue weighted by Gasteiger charge is 2.26. The predicted molar refractivity (Wildman–Crippen MR) is 143 cm³/mol. The molecule has 1 aromatic heterocycles. The first-order valence-electron chi connectivity index (χ1n) is 11.5. The average molecular weight is 492 g/mol. The van der Waals surface area contributed by atoms with Crippen LogP contribution in [0.1, 0.15) is 29.4 Å². The van der Waals surface area contributed by atoms with Gasteiger partial charge < -0.3 is 15.1 Å². The first kappa shape index (κ1) is 26.2. The summed E-state index contributed by atoms with van der Waals surface area (Å²) in [6, 6.07) is 16.8. The molecule has 1 heterocycles. The summed E-state index contributed by atoms with van der Waals surface area (Å²) >= 11 is 1.29. The molecule has 2 amide bonds. The second-order valence-electron chi connectivity index (χ2n) is 8.84. The molecule has 184 valence electrons. The summed E-state index contributed by atoms with van der Waals surface area (Å²) in [5.74, 6) is -0.246. The van der Waals surface area contributed by atoms with Crippen LogP contribution in [-0.4, -0.2) is 52.6 Å². The molecule has 7 nitrogen and oxygen atoms in total. The van der Waals surface area contributed by atoms with Gasteiger partial charge in [0, 0.05) is 43.4 Å². The van der Waals surface area contributed by atoms with E-state index in [1.807, 2.05) is 94.4 Å². The zero-order valence-corrected chi connectivity index (χ0v) is 22.0. The number of aryl methyl sites for hydroxylation is 3. The van der Waals surface area contributed by atoms with Gasteiger partial charge in [-0.3, -0.25) is 9.59 Å². The molecule has 1 atom stereocenters. The molecule has 0 bridgehead atoms. The van der Waals surface area contributed by atoms with Crippen molar-refractivity contribution in [2.45, 2.75) is 45.4 Å². The third-order valence-corrected chi connectivity index (χ3v) is 6.41. The lowest BCUT2D eigenvalue weighted by Crippen LogP contribution is -2.46. The number of hydrogen-bond donors (Lipinski definition) is 1. The van der Waals surface area contributed by atoms with Crippen molar-refractivity contribution in [3.05, 3.63) is 77.1 Å². The van der Waals surface area contributed by atoms with Gasteiger partial charge in [-0.15, -0.1) is 0 Å². The van der Waals surface area contributed by atoms with E-state index in [1.165, 1.54) is 11.8 Å². The Morgan fingerprint density at radius 3 is 2.11 bits per heavy atom. The number of nitrogens with zero attached hydrogens (tertiary/aromatic N) is 4. The van der Waals surface area contributed by atoms with E-state index in [-0.39, 0.29) is 17.6 Å². The highest BCUT2D eigenvalue weighted by Crippen LogP contribution is 2.20. The first-order chi connectivity index (χ1) is 16.6. The van der Waals surface area contributed by atoms with Gasteiger partial charge in [0.15, 0.2) is 5.16 Å². The third kappa shape index (κ3) is 7.55. The summed E-state index contributed by atoms with van der Waals surface area (Å²) in [5.41, 5.74) is 5.55. The molecule has 3 aromatic rings. The number of carbonyl (C=O) groups excluding carboxylic acids is 2. The molecule has 0 saturated heterocycles. The van der Waals surface area contributed by atoms with E-state index in [2.05, 4.69) is 15.3 Å². The van der Waals surface area contributed by atoms with Crippen molar-refractivity contribution >= 4 is 35.0 Å². The van der Waals surface area contributed by atoms with Gasteiger partial charge >= 0.3 is 0 Å². The number of carbonyl (C=O) groups is 2. The molecule has 3 rings (SSSR count). The monoisotopic (exact) mass is 491 g/mol. The fourth-order valence-electron chi connectivity index (χ4n) is 3.53. The number of amides is 2. The summed E-state index contributed by atoms with van der Waals surface area (Å²) in [5, 5.41) is 3.50. The van der Waals surface area contributed by atoms with E-state index in [4.69, 9.17) is 0 Å². The highest BCUT2D eigenvalue weighted by molar-refractivity contribution is 7.99. The molecule has 1 N–H and O–H groups in total. The van der Waals surface area contributed by atoms with E-state index in [0.29, 0.717) is 17.4 Å². The van der Waals surface area contributed by atoms with Crippen molar-refractivity contribution in [2.24, 2.45) is 0 Å². The van der Waals surface area contributed by atoms with Crippen molar-refractivity contribution in [3.8, 4) is 0 Å². The molecule has 35 heavy (non-hydrogen) atoms. The Hall–Kier alpha value is -3.39. The minimum Gasteiger partial charge on any atom is -0.378 e. The number of benzene rings is 2. The summed E-state index contributed by atoms with van der Waals surface area (Å²) in [6.45, 7) is 7.92. The van der Waals surface area contributed by atoms with Crippen LogP contribution in [0, 0.1) is 20.8 Å². The number of hydrogen-bond acceptors (Lipinski definition) is 6. The van der Waals surface area contributed by atoms with Gasteiger partial charge in [-0.2, -0.15) is 0 Å². The fraction of sp³-hybridized carbons (Fsp3) is 0.333. The van der Waals surface area contributed by atoms with E-state index in [9.17, 15) is 9.59 Å². The molecule has 0 aliphatic rings. The normalized spacial score (nSPS) is 11.6. The van der Waals surface area contributed by atoms with Crippen molar-refractivity contribution in [2.75, 3.05) is 30.1 Å². The Balaban J connectivity index is 1.75. The molecule has 0 radical (unpaired) electrons. The van der Waals surface area contributed by atoms with Gasteiger partial charge in [0.05, 0.1) is 5.75 Å². The SMILES string of the molecule is Cc1ccc(CN(C(=O)CSc2nc(C)cc(C)n2)C(C)C(=O)Nc2ccc(N(C)C)cc2)cc1. The minimum atomic E-state index is -0.668. The quantitative estimate of drug-likeness (QED) is 0.348. The molecule has 0 saturated carbocycles. The van der Waals surface area contributed by atoms with Gasteiger partial charge in [-0.25, -0.2) is 9.97 Å². The molecular formula is C27H33N5O2S.